The summed E-state index contributed by atoms with van der Waals surface area (Å²) in [6.07, 6.45) is 1.57. The van der Waals surface area contributed by atoms with E-state index in [0.29, 0.717) is 11.3 Å². The van der Waals surface area contributed by atoms with Crippen LogP contribution in [0.2, 0.25) is 0 Å². The van der Waals surface area contributed by atoms with E-state index < -0.39 is 18.0 Å². The first-order chi connectivity index (χ1) is 11.5. The van der Waals surface area contributed by atoms with E-state index in [1.54, 1.807) is 62.6 Å². The lowest BCUT2D eigenvalue weighted by Gasteiger charge is -2.21. The molecule has 6 nitrogen and oxygen atoms in total. The number of amides is 1. The Morgan fingerprint density at radius 3 is 2.46 bits per heavy atom. The lowest BCUT2D eigenvalue weighted by molar-refractivity contribution is -0.156. The van der Waals surface area contributed by atoms with Crippen LogP contribution in [0.5, 0.6) is 0 Å². The van der Waals surface area contributed by atoms with Gasteiger partial charge >= 0.3 is 5.97 Å². The van der Waals surface area contributed by atoms with Gasteiger partial charge in [0.2, 0.25) is 6.10 Å². The van der Waals surface area contributed by atoms with Crippen molar-refractivity contribution in [1.29, 1.82) is 5.26 Å². The maximum atomic E-state index is 12.3. The number of hydrogen-bond acceptors (Lipinski definition) is 5. The molecule has 6 heteroatoms. The number of rotatable bonds is 5. The standard InChI is InChI=1S/C18H16N2O4/c1-20(2)17(21)16(13-7-4-3-5-8-13)24-18(22)14(12-19)11-15-9-6-10-23-15/h3-11,16H,1-2H3/b14-11+/t16-/m0/s1. The van der Waals surface area contributed by atoms with E-state index in [-0.39, 0.29) is 5.57 Å². The zero-order valence-corrected chi connectivity index (χ0v) is 13.3. The fraction of sp³-hybridized carbons (Fsp3) is 0.167. The summed E-state index contributed by atoms with van der Waals surface area (Å²) in [5.41, 5.74) is 0.275. The van der Waals surface area contributed by atoms with Crippen LogP contribution in [-0.2, 0) is 14.3 Å². The predicted molar refractivity (Wildman–Crippen MR) is 86.3 cm³/mol. The molecule has 0 unspecified atom stereocenters. The average molecular weight is 324 g/mol. The number of nitriles is 1. The second-order valence-electron chi connectivity index (χ2n) is 5.11. The first-order valence-electron chi connectivity index (χ1n) is 7.15. The van der Waals surface area contributed by atoms with Crippen LogP contribution in [0.15, 0.2) is 58.7 Å². The third-order valence-electron chi connectivity index (χ3n) is 3.16. The third-order valence-corrected chi connectivity index (χ3v) is 3.16. The lowest BCUT2D eigenvalue weighted by atomic mass is 10.1. The van der Waals surface area contributed by atoms with Gasteiger partial charge in [0.1, 0.15) is 17.4 Å². The molecular weight excluding hydrogens is 308 g/mol. The Labute approximate surface area is 139 Å². The minimum Gasteiger partial charge on any atom is -0.465 e. The van der Waals surface area contributed by atoms with Crippen molar-refractivity contribution in [2.75, 3.05) is 14.1 Å². The van der Waals surface area contributed by atoms with Gasteiger partial charge in [-0.2, -0.15) is 5.26 Å². The smallest absolute Gasteiger partial charge is 0.350 e. The minimum atomic E-state index is -1.12. The highest BCUT2D eigenvalue weighted by Crippen LogP contribution is 2.21. The van der Waals surface area contributed by atoms with Crippen molar-refractivity contribution < 1.29 is 18.7 Å². The van der Waals surface area contributed by atoms with Gasteiger partial charge in [-0.1, -0.05) is 30.3 Å². The summed E-state index contributed by atoms with van der Waals surface area (Å²) in [4.78, 5) is 25.9. The number of ether oxygens (including phenoxy) is 1. The third kappa shape index (κ3) is 4.11. The second-order valence-corrected chi connectivity index (χ2v) is 5.11. The van der Waals surface area contributed by atoms with Gasteiger partial charge < -0.3 is 14.1 Å². The summed E-state index contributed by atoms with van der Waals surface area (Å²) in [5, 5.41) is 9.17. The Bertz CT molecular complexity index is 771. The zero-order chi connectivity index (χ0) is 17.5. The van der Waals surface area contributed by atoms with Crippen LogP contribution < -0.4 is 0 Å². The Morgan fingerprint density at radius 2 is 1.92 bits per heavy atom. The monoisotopic (exact) mass is 324 g/mol. The van der Waals surface area contributed by atoms with Gasteiger partial charge in [0.25, 0.3) is 5.91 Å². The molecule has 1 amide bonds. The zero-order valence-electron chi connectivity index (χ0n) is 13.3. The van der Waals surface area contributed by atoms with Crippen LogP contribution in [0.4, 0.5) is 0 Å². The molecule has 0 saturated carbocycles. The summed E-state index contributed by atoms with van der Waals surface area (Å²) >= 11 is 0. The van der Waals surface area contributed by atoms with Crippen molar-refractivity contribution in [1.82, 2.24) is 4.90 Å². The molecule has 0 saturated heterocycles. The SMILES string of the molecule is CN(C)C(=O)[C@@H](OC(=O)/C(C#N)=C/c1ccco1)c1ccccc1. The maximum absolute atomic E-state index is 12.3. The van der Waals surface area contributed by atoms with E-state index >= 15 is 0 Å². The highest BCUT2D eigenvalue weighted by molar-refractivity contribution is 5.99. The van der Waals surface area contributed by atoms with Crippen LogP contribution in [-0.4, -0.2) is 30.9 Å². The average Bonchev–Trinajstić information content (AvgIpc) is 3.10. The van der Waals surface area contributed by atoms with Gasteiger partial charge in [-0.15, -0.1) is 0 Å². The van der Waals surface area contributed by atoms with Crippen molar-refractivity contribution in [3.05, 3.63) is 65.6 Å². The van der Waals surface area contributed by atoms with Crippen molar-refractivity contribution >= 4 is 18.0 Å². The summed E-state index contributed by atoms with van der Waals surface area (Å²) in [6, 6.07) is 13.6. The van der Waals surface area contributed by atoms with Gasteiger partial charge in [-0.25, -0.2) is 4.79 Å². The van der Waals surface area contributed by atoms with Crippen molar-refractivity contribution in [2.45, 2.75) is 6.10 Å². The summed E-state index contributed by atoms with van der Waals surface area (Å²) in [6.45, 7) is 0. The van der Waals surface area contributed by atoms with Gasteiger partial charge in [-0.3, -0.25) is 4.79 Å². The van der Waals surface area contributed by atoms with Crippen molar-refractivity contribution in [3.63, 3.8) is 0 Å². The molecule has 2 aromatic rings. The fourth-order valence-corrected chi connectivity index (χ4v) is 1.95. The lowest BCUT2D eigenvalue weighted by Crippen LogP contribution is -2.31. The number of benzene rings is 1. The number of nitrogens with zero attached hydrogens (tertiary/aromatic N) is 2. The normalized spacial score (nSPS) is 12.1. The van der Waals surface area contributed by atoms with Crippen LogP contribution in [0, 0.1) is 11.3 Å². The van der Waals surface area contributed by atoms with Gasteiger partial charge in [0.05, 0.1) is 6.26 Å². The highest BCUT2D eigenvalue weighted by atomic mass is 16.5. The summed E-state index contributed by atoms with van der Waals surface area (Å²) in [7, 11) is 3.13. The molecule has 24 heavy (non-hydrogen) atoms. The van der Waals surface area contributed by atoms with E-state index in [0.717, 1.165) is 0 Å². The first kappa shape index (κ1) is 17.0. The summed E-state index contributed by atoms with van der Waals surface area (Å²) < 4.78 is 10.4. The Hall–Kier alpha value is -3.33. The molecule has 1 aromatic heterocycles. The molecule has 0 aliphatic heterocycles. The Balaban J connectivity index is 2.27. The van der Waals surface area contributed by atoms with Crippen molar-refractivity contribution in [3.8, 4) is 6.07 Å². The minimum absolute atomic E-state index is 0.252. The number of hydrogen-bond donors (Lipinski definition) is 0. The molecule has 122 valence electrons. The van der Waals surface area contributed by atoms with E-state index in [1.165, 1.54) is 17.2 Å². The number of carbonyl (C=O) groups excluding carboxylic acids is 2. The van der Waals surface area contributed by atoms with Crippen LogP contribution >= 0.6 is 0 Å². The first-order valence-corrected chi connectivity index (χ1v) is 7.15. The fourth-order valence-electron chi connectivity index (χ4n) is 1.95. The molecule has 0 radical (unpaired) electrons. The number of likely N-dealkylation sites (N-methyl/N-ethyl adjacent to an activating group) is 1. The molecule has 0 spiro atoms. The summed E-state index contributed by atoms with van der Waals surface area (Å²) in [5.74, 6) is -0.943. The maximum Gasteiger partial charge on any atom is 0.350 e. The number of carbonyl (C=O) groups is 2. The van der Waals surface area contributed by atoms with Crippen LogP contribution in [0.1, 0.15) is 17.4 Å². The van der Waals surface area contributed by atoms with E-state index in [9.17, 15) is 14.9 Å². The highest BCUT2D eigenvalue weighted by Gasteiger charge is 2.27. The molecule has 1 aromatic carbocycles. The molecule has 0 N–H and O–H groups in total. The molecule has 0 aliphatic carbocycles. The Morgan fingerprint density at radius 1 is 1.21 bits per heavy atom. The second kappa shape index (κ2) is 7.79. The van der Waals surface area contributed by atoms with E-state index in [2.05, 4.69) is 0 Å². The molecule has 0 fully saturated rings. The van der Waals surface area contributed by atoms with Gasteiger partial charge in [0.15, 0.2) is 0 Å². The molecular formula is C18H16N2O4. The molecule has 0 bridgehead atoms. The largest absolute Gasteiger partial charge is 0.465 e. The molecule has 1 atom stereocenters. The van der Waals surface area contributed by atoms with Gasteiger partial charge in [0, 0.05) is 25.7 Å². The van der Waals surface area contributed by atoms with Crippen LogP contribution in [0.3, 0.4) is 0 Å². The van der Waals surface area contributed by atoms with E-state index in [1.807, 2.05) is 0 Å². The van der Waals surface area contributed by atoms with Crippen LogP contribution in [0.25, 0.3) is 6.08 Å². The Kier molecular flexibility index (Phi) is 5.53. The molecule has 1 heterocycles. The van der Waals surface area contributed by atoms with Crippen molar-refractivity contribution in [2.24, 2.45) is 0 Å². The predicted octanol–water partition coefficient (Wildman–Crippen LogP) is 2.56. The quantitative estimate of drug-likeness (QED) is 0.479. The van der Waals surface area contributed by atoms with Gasteiger partial charge in [-0.05, 0) is 12.1 Å². The van der Waals surface area contributed by atoms with E-state index in [4.69, 9.17) is 9.15 Å². The topological polar surface area (TPSA) is 83.5 Å². The number of furan rings is 1. The molecule has 0 aliphatic rings. The number of esters is 1. The molecule has 2 rings (SSSR count).